The minimum absolute atomic E-state index is 0.256. The van der Waals surface area contributed by atoms with E-state index in [9.17, 15) is 9.90 Å². The van der Waals surface area contributed by atoms with E-state index in [0.29, 0.717) is 12.5 Å². The SMILES string of the molecule is CC1CC(C(=O)O)CN(Cc2nn(-c3ccccc3)c3c2CCC3)C1. The van der Waals surface area contributed by atoms with E-state index in [1.165, 1.54) is 17.7 Å². The number of likely N-dealkylation sites (tertiary alicyclic amines) is 1. The summed E-state index contributed by atoms with van der Waals surface area (Å²) >= 11 is 0. The van der Waals surface area contributed by atoms with Crippen LogP contribution in [0.25, 0.3) is 5.69 Å². The van der Waals surface area contributed by atoms with Gasteiger partial charge in [0.15, 0.2) is 0 Å². The van der Waals surface area contributed by atoms with Crippen LogP contribution in [0.2, 0.25) is 0 Å². The lowest BCUT2D eigenvalue weighted by Crippen LogP contribution is -2.42. The van der Waals surface area contributed by atoms with Crippen LogP contribution >= 0.6 is 0 Å². The molecule has 1 N–H and O–H groups in total. The highest BCUT2D eigenvalue weighted by Gasteiger charge is 2.31. The molecule has 0 spiro atoms. The van der Waals surface area contributed by atoms with Crippen molar-refractivity contribution in [1.29, 1.82) is 0 Å². The molecule has 25 heavy (non-hydrogen) atoms. The van der Waals surface area contributed by atoms with Gasteiger partial charge in [-0.05, 0) is 49.3 Å². The minimum atomic E-state index is -0.670. The molecular formula is C20H25N3O2. The van der Waals surface area contributed by atoms with Crippen LogP contribution in [0.15, 0.2) is 30.3 Å². The Morgan fingerprint density at radius 2 is 2.04 bits per heavy atom. The molecule has 4 rings (SSSR count). The molecule has 132 valence electrons. The second-order valence-electron chi connectivity index (χ2n) is 7.54. The summed E-state index contributed by atoms with van der Waals surface area (Å²) in [7, 11) is 0. The molecular weight excluding hydrogens is 314 g/mol. The van der Waals surface area contributed by atoms with Crippen molar-refractivity contribution >= 4 is 5.97 Å². The maximum absolute atomic E-state index is 11.4. The Morgan fingerprint density at radius 1 is 1.24 bits per heavy atom. The third-order valence-electron chi connectivity index (χ3n) is 5.47. The lowest BCUT2D eigenvalue weighted by molar-refractivity contribution is -0.144. The van der Waals surface area contributed by atoms with Crippen molar-refractivity contribution in [3.05, 3.63) is 47.3 Å². The Balaban J connectivity index is 1.60. The van der Waals surface area contributed by atoms with Gasteiger partial charge in [-0.15, -0.1) is 0 Å². The highest BCUT2D eigenvalue weighted by molar-refractivity contribution is 5.70. The molecule has 1 aromatic carbocycles. The molecule has 0 radical (unpaired) electrons. The van der Waals surface area contributed by atoms with Crippen molar-refractivity contribution in [2.75, 3.05) is 13.1 Å². The van der Waals surface area contributed by atoms with Gasteiger partial charge >= 0.3 is 5.97 Å². The van der Waals surface area contributed by atoms with Gasteiger partial charge in [-0.1, -0.05) is 25.1 Å². The molecule has 5 heteroatoms. The zero-order chi connectivity index (χ0) is 17.4. The third kappa shape index (κ3) is 3.21. The van der Waals surface area contributed by atoms with Crippen molar-refractivity contribution in [2.45, 2.75) is 39.2 Å². The van der Waals surface area contributed by atoms with E-state index in [2.05, 4.69) is 28.6 Å². The Morgan fingerprint density at radius 3 is 2.80 bits per heavy atom. The van der Waals surface area contributed by atoms with E-state index in [1.807, 2.05) is 18.2 Å². The number of aromatic nitrogens is 2. The van der Waals surface area contributed by atoms with Crippen LogP contribution < -0.4 is 0 Å². The number of fused-ring (bicyclic) bond motifs is 1. The lowest BCUT2D eigenvalue weighted by Gasteiger charge is -2.34. The van der Waals surface area contributed by atoms with Crippen molar-refractivity contribution in [2.24, 2.45) is 11.8 Å². The molecule has 2 atom stereocenters. The maximum atomic E-state index is 11.4. The highest BCUT2D eigenvalue weighted by atomic mass is 16.4. The standard InChI is InChI=1S/C20H25N3O2/c1-14-10-15(20(24)25)12-22(11-14)13-18-17-8-5-9-19(17)23(21-18)16-6-3-2-4-7-16/h2-4,6-7,14-15H,5,8-13H2,1H3,(H,24,25). The van der Waals surface area contributed by atoms with Crippen LogP contribution in [0, 0.1) is 11.8 Å². The number of rotatable bonds is 4. The Hall–Kier alpha value is -2.14. The molecule has 0 saturated carbocycles. The Bertz CT molecular complexity index is 769. The Labute approximate surface area is 148 Å². The second kappa shape index (κ2) is 6.64. The second-order valence-corrected chi connectivity index (χ2v) is 7.54. The third-order valence-corrected chi connectivity index (χ3v) is 5.47. The van der Waals surface area contributed by atoms with Crippen LogP contribution in [0.3, 0.4) is 0 Å². The van der Waals surface area contributed by atoms with Gasteiger partial charge in [-0.25, -0.2) is 4.68 Å². The number of piperidine rings is 1. The largest absolute Gasteiger partial charge is 0.481 e. The fourth-order valence-electron chi connectivity index (χ4n) is 4.41. The monoisotopic (exact) mass is 339 g/mol. The fourth-order valence-corrected chi connectivity index (χ4v) is 4.41. The predicted molar refractivity (Wildman–Crippen MR) is 95.8 cm³/mol. The number of hydrogen-bond acceptors (Lipinski definition) is 3. The quantitative estimate of drug-likeness (QED) is 0.930. The van der Waals surface area contributed by atoms with Gasteiger partial charge in [0.2, 0.25) is 0 Å². The number of carbonyl (C=O) groups is 1. The molecule has 0 amide bonds. The molecule has 2 unspecified atom stereocenters. The van der Waals surface area contributed by atoms with Crippen LogP contribution in [-0.2, 0) is 24.2 Å². The summed E-state index contributed by atoms with van der Waals surface area (Å²) in [5.74, 6) is -0.510. The summed E-state index contributed by atoms with van der Waals surface area (Å²) < 4.78 is 2.10. The van der Waals surface area contributed by atoms with Crippen LogP contribution in [0.1, 0.15) is 36.7 Å². The average Bonchev–Trinajstić information content (AvgIpc) is 3.19. The molecule has 0 bridgehead atoms. The summed E-state index contributed by atoms with van der Waals surface area (Å²) in [6.07, 6.45) is 4.12. The lowest BCUT2D eigenvalue weighted by atomic mass is 9.90. The summed E-state index contributed by atoms with van der Waals surface area (Å²) in [5.41, 5.74) is 4.96. The average molecular weight is 339 g/mol. The number of benzene rings is 1. The van der Waals surface area contributed by atoms with Crippen molar-refractivity contribution < 1.29 is 9.90 Å². The molecule has 1 aliphatic carbocycles. The number of hydrogen-bond donors (Lipinski definition) is 1. The number of carboxylic acids is 1. The molecule has 1 saturated heterocycles. The molecule has 1 aromatic heterocycles. The highest BCUT2D eigenvalue weighted by Crippen LogP contribution is 2.30. The minimum Gasteiger partial charge on any atom is -0.481 e. The van der Waals surface area contributed by atoms with Gasteiger partial charge in [0.25, 0.3) is 0 Å². The van der Waals surface area contributed by atoms with Crippen molar-refractivity contribution in [1.82, 2.24) is 14.7 Å². The fraction of sp³-hybridized carbons (Fsp3) is 0.500. The van der Waals surface area contributed by atoms with E-state index in [0.717, 1.165) is 43.7 Å². The number of carboxylic acid groups (broad SMARTS) is 1. The van der Waals surface area contributed by atoms with Gasteiger partial charge in [0, 0.05) is 25.3 Å². The smallest absolute Gasteiger partial charge is 0.307 e. The number of aliphatic carboxylic acids is 1. The molecule has 2 heterocycles. The first-order valence-corrected chi connectivity index (χ1v) is 9.22. The van der Waals surface area contributed by atoms with Crippen molar-refractivity contribution in [3.8, 4) is 5.69 Å². The van der Waals surface area contributed by atoms with Gasteiger partial charge in [0.05, 0.1) is 17.3 Å². The van der Waals surface area contributed by atoms with Gasteiger partial charge in [0.1, 0.15) is 0 Å². The van der Waals surface area contributed by atoms with E-state index in [-0.39, 0.29) is 5.92 Å². The summed E-state index contributed by atoms with van der Waals surface area (Å²) in [6.45, 7) is 4.49. The summed E-state index contributed by atoms with van der Waals surface area (Å²) in [6, 6.07) is 10.3. The number of nitrogens with zero attached hydrogens (tertiary/aromatic N) is 3. The van der Waals surface area contributed by atoms with Gasteiger partial charge in [-0.2, -0.15) is 5.10 Å². The van der Waals surface area contributed by atoms with Gasteiger partial charge in [-0.3, -0.25) is 9.69 Å². The molecule has 2 aliphatic rings. The summed E-state index contributed by atoms with van der Waals surface area (Å²) in [5, 5.41) is 14.3. The zero-order valence-electron chi connectivity index (χ0n) is 14.7. The first kappa shape index (κ1) is 16.3. The first-order valence-electron chi connectivity index (χ1n) is 9.22. The van der Waals surface area contributed by atoms with E-state index in [1.54, 1.807) is 0 Å². The first-order chi connectivity index (χ1) is 12.1. The van der Waals surface area contributed by atoms with Crippen molar-refractivity contribution in [3.63, 3.8) is 0 Å². The molecule has 1 fully saturated rings. The molecule has 1 aliphatic heterocycles. The predicted octanol–water partition coefficient (Wildman–Crippen LogP) is 2.90. The topological polar surface area (TPSA) is 58.4 Å². The molecule has 2 aromatic rings. The van der Waals surface area contributed by atoms with E-state index in [4.69, 9.17) is 5.10 Å². The maximum Gasteiger partial charge on any atom is 0.307 e. The number of para-hydroxylation sites is 1. The normalized spacial score (nSPS) is 23.6. The van der Waals surface area contributed by atoms with Crippen LogP contribution in [0.5, 0.6) is 0 Å². The molecule has 5 nitrogen and oxygen atoms in total. The Kier molecular flexibility index (Phi) is 4.34. The van der Waals surface area contributed by atoms with E-state index < -0.39 is 5.97 Å². The summed E-state index contributed by atoms with van der Waals surface area (Å²) in [4.78, 5) is 13.7. The zero-order valence-corrected chi connectivity index (χ0v) is 14.7. The van der Waals surface area contributed by atoms with Gasteiger partial charge < -0.3 is 5.11 Å². The van der Waals surface area contributed by atoms with Crippen LogP contribution in [0.4, 0.5) is 0 Å². The van der Waals surface area contributed by atoms with E-state index >= 15 is 0 Å². The van der Waals surface area contributed by atoms with Crippen LogP contribution in [-0.4, -0.2) is 38.8 Å².